The summed E-state index contributed by atoms with van der Waals surface area (Å²) in [6.45, 7) is 2.50. The van der Waals surface area contributed by atoms with E-state index in [0.29, 0.717) is 19.4 Å². The van der Waals surface area contributed by atoms with Crippen molar-refractivity contribution >= 4 is 35.2 Å². The van der Waals surface area contributed by atoms with Crippen LogP contribution in [0, 0.1) is 11.8 Å². The van der Waals surface area contributed by atoms with Gasteiger partial charge < -0.3 is 10.0 Å². The van der Waals surface area contributed by atoms with Gasteiger partial charge in [-0.1, -0.05) is 30.8 Å². The van der Waals surface area contributed by atoms with Crippen LogP contribution in [0.5, 0.6) is 0 Å². The zero-order valence-corrected chi connectivity index (χ0v) is 14.1. The number of hydrogen-bond donors (Lipinski definition) is 1. The molecule has 6 nitrogen and oxygen atoms in total. The number of carbonyl (C=O) groups is 3. The van der Waals surface area contributed by atoms with Gasteiger partial charge >= 0.3 is 5.97 Å². The molecule has 0 bridgehead atoms. The Morgan fingerprint density at radius 3 is 2.75 bits per heavy atom. The Bertz CT molecular complexity index is 752. The SMILES string of the molecule is C[C@@H]1CN(C(=O)C23CCC(=O)N2c2ccccc2S3)C[C@H]1C(=O)O. The van der Waals surface area contributed by atoms with Gasteiger partial charge in [-0.2, -0.15) is 0 Å². The van der Waals surface area contributed by atoms with Crippen LogP contribution < -0.4 is 4.90 Å². The number of carbonyl (C=O) groups excluding carboxylic acids is 2. The van der Waals surface area contributed by atoms with Gasteiger partial charge in [0.25, 0.3) is 5.91 Å². The number of aliphatic carboxylic acids is 1. The highest BCUT2D eigenvalue weighted by Crippen LogP contribution is 2.56. The number of nitrogens with zero attached hydrogens (tertiary/aromatic N) is 2. The molecule has 1 aromatic carbocycles. The maximum Gasteiger partial charge on any atom is 0.308 e. The monoisotopic (exact) mass is 346 g/mol. The minimum absolute atomic E-state index is 0.0390. The van der Waals surface area contributed by atoms with E-state index < -0.39 is 16.8 Å². The molecule has 3 aliphatic heterocycles. The van der Waals surface area contributed by atoms with Crippen LogP contribution in [0.15, 0.2) is 29.2 Å². The van der Waals surface area contributed by atoms with E-state index in [9.17, 15) is 19.5 Å². The van der Waals surface area contributed by atoms with Crippen molar-refractivity contribution in [1.29, 1.82) is 0 Å². The van der Waals surface area contributed by atoms with E-state index in [-0.39, 0.29) is 24.3 Å². The number of rotatable bonds is 2. The van der Waals surface area contributed by atoms with Crippen molar-refractivity contribution in [2.45, 2.75) is 29.5 Å². The highest BCUT2D eigenvalue weighted by Gasteiger charge is 2.59. The number of para-hydroxylation sites is 1. The number of fused-ring (bicyclic) bond motifs is 3. The van der Waals surface area contributed by atoms with E-state index in [1.54, 1.807) is 9.80 Å². The quantitative estimate of drug-likeness (QED) is 0.883. The van der Waals surface area contributed by atoms with Crippen molar-refractivity contribution in [3.05, 3.63) is 24.3 Å². The highest BCUT2D eigenvalue weighted by atomic mass is 32.2. The molecule has 0 aliphatic carbocycles. The summed E-state index contributed by atoms with van der Waals surface area (Å²) in [5.74, 6) is -1.66. The molecule has 2 fully saturated rings. The first kappa shape index (κ1) is 15.5. The van der Waals surface area contributed by atoms with Crippen molar-refractivity contribution in [1.82, 2.24) is 4.90 Å². The molecular weight excluding hydrogens is 328 g/mol. The lowest BCUT2D eigenvalue weighted by Gasteiger charge is -2.33. The Morgan fingerprint density at radius 2 is 2.04 bits per heavy atom. The van der Waals surface area contributed by atoms with Gasteiger partial charge in [0.15, 0.2) is 4.87 Å². The summed E-state index contributed by atoms with van der Waals surface area (Å²) in [4.78, 5) is 40.3. The molecule has 4 rings (SSSR count). The number of benzene rings is 1. The average Bonchev–Trinajstić information content (AvgIpc) is 3.19. The predicted octanol–water partition coefficient (Wildman–Crippen LogP) is 1.79. The summed E-state index contributed by atoms with van der Waals surface area (Å²) in [5, 5.41) is 9.31. The van der Waals surface area contributed by atoms with E-state index in [1.807, 2.05) is 31.2 Å². The maximum absolute atomic E-state index is 13.3. The average molecular weight is 346 g/mol. The van der Waals surface area contributed by atoms with Crippen molar-refractivity contribution in [3.8, 4) is 0 Å². The second kappa shape index (κ2) is 5.24. The first-order chi connectivity index (χ1) is 11.4. The number of carboxylic acid groups (broad SMARTS) is 1. The van der Waals surface area contributed by atoms with E-state index in [1.165, 1.54) is 11.8 Å². The zero-order valence-electron chi connectivity index (χ0n) is 13.3. The minimum atomic E-state index is -0.937. The third kappa shape index (κ3) is 2.00. The molecule has 0 spiro atoms. The first-order valence-electron chi connectivity index (χ1n) is 8.07. The van der Waals surface area contributed by atoms with Crippen LogP contribution in [-0.4, -0.2) is 45.8 Å². The van der Waals surface area contributed by atoms with Gasteiger partial charge in [-0.3, -0.25) is 19.3 Å². The molecule has 1 unspecified atom stereocenters. The molecule has 0 saturated carbocycles. The lowest BCUT2D eigenvalue weighted by Crippen LogP contribution is -2.53. The summed E-state index contributed by atoms with van der Waals surface area (Å²) in [7, 11) is 0. The Labute approximate surface area is 143 Å². The molecule has 7 heteroatoms. The lowest BCUT2D eigenvalue weighted by molar-refractivity contribution is -0.142. The second-order valence-electron chi connectivity index (χ2n) is 6.72. The number of thioether (sulfide) groups is 1. The van der Waals surface area contributed by atoms with Crippen molar-refractivity contribution in [2.24, 2.45) is 11.8 Å². The van der Waals surface area contributed by atoms with E-state index >= 15 is 0 Å². The van der Waals surface area contributed by atoms with Crippen LogP contribution in [0.4, 0.5) is 5.69 Å². The number of carboxylic acids is 1. The molecule has 1 N–H and O–H groups in total. The van der Waals surface area contributed by atoms with Crippen LogP contribution in [0.1, 0.15) is 19.8 Å². The van der Waals surface area contributed by atoms with E-state index in [4.69, 9.17) is 0 Å². The molecule has 3 atom stereocenters. The minimum Gasteiger partial charge on any atom is -0.481 e. The largest absolute Gasteiger partial charge is 0.481 e. The van der Waals surface area contributed by atoms with Gasteiger partial charge in [-0.25, -0.2) is 0 Å². The lowest BCUT2D eigenvalue weighted by atomic mass is 9.99. The second-order valence-corrected chi connectivity index (χ2v) is 8.03. The maximum atomic E-state index is 13.3. The number of anilines is 1. The fraction of sp³-hybridized carbons (Fsp3) is 0.471. The standard InChI is InChI=1S/C17H18N2O4S/c1-10-8-18(9-11(10)15(21)22)16(23)17-7-6-14(20)19(17)12-4-2-3-5-13(12)24-17/h2-5,10-11H,6-9H2,1H3,(H,21,22)/t10-,11-,17?/m1/s1. The number of amides is 2. The normalized spacial score (nSPS) is 31.3. The van der Waals surface area contributed by atoms with Crippen LogP contribution in [0.3, 0.4) is 0 Å². The molecule has 126 valence electrons. The van der Waals surface area contributed by atoms with Gasteiger partial charge in [0.1, 0.15) is 0 Å². The first-order valence-corrected chi connectivity index (χ1v) is 8.89. The van der Waals surface area contributed by atoms with Gasteiger partial charge in [0.05, 0.1) is 11.6 Å². The van der Waals surface area contributed by atoms with Crippen molar-refractivity contribution < 1.29 is 19.5 Å². The molecule has 0 radical (unpaired) electrons. The molecule has 0 aromatic heterocycles. The van der Waals surface area contributed by atoms with Gasteiger partial charge in [0, 0.05) is 24.4 Å². The third-order valence-corrected chi connectivity index (χ3v) is 6.69. The summed E-state index contributed by atoms with van der Waals surface area (Å²) >= 11 is 1.43. The zero-order chi connectivity index (χ0) is 17.1. The highest BCUT2D eigenvalue weighted by molar-refractivity contribution is 8.02. The van der Waals surface area contributed by atoms with Gasteiger partial charge in [0.2, 0.25) is 5.91 Å². The van der Waals surface area contributed by atoms with Crippen LogP contribution in [0.2, 0.25) is 0 Å². The molecule has 24 heavy (non-hydrogen) atoms. The number of likely N-dealkylation sites (tertiary alicyclic amines) is 1. The smallest absolute Gasteiger partial charge is 0.308 e. The van der Waals surface area contributed by atoms with Gasteiger partial charge in [-0.15, -0.1) is 0 Å². The molecule has 2 amide bonds. The summed E-state index contributed by atoms with van der Waals surface area (Å²) < 4.78 is 0. The molecule has 3 heterocycles. The van der Waals surface area contributed by atoms with E-state index in [2.05, 4.69) is 0 Å². The predicted molar refractivity (Wildman–Crippen MR) is 88.6 cm³/mol. The fourth-order valence-electron chi connectivity index (χ4n) is 3.98. The van der Waals surface area contributed by atoms with Crippen LogP contribution in [-0.2, 0) is 14.4 Å². The molecule has 3 aliphatic rings. The van der Waals surface area contributed by atoms with Crippen LogP contribution >= 0.6 is 11.8 Å². The molecule has 1 aromatic rings. The fourth-order valence-corrected chi connectivity index (χ4v) is 5.47. The Morgan fingerprint density at radius 1 is 1.29 bits per heavy atom. The third-order valence-electron chi connectivity index (χ3n) is 5.22. The molecule has 2 saturated heterocycles. The Balaban J connectivity index is 1.68. The van der Waals surface area contributed by atoms with Gasteiger partial charge in [-0.05, 0) is 24.5 Å². The Hall–Kier alpha value is -2.02. The summed E-state index contributed by atoms with van der Waals surface area (Å²) in [6, 6.07) is 7.56. The molecular formula is C17H18N2O4S. The Kier molecular flexibility index (Phi) is 3.38. The van der Waals surface area contributed by atoms with Crippen LogP contribution in [0.25, 0.3) is 0 Å². The topological polar surface area (TPSA) is 77.9 Å². The number of hydrogen-bond acceptors (Lipinski definition) is 4. The van der Waals surface area contributed by atoms with Crippen molar-refractivity contribution in [3.63, 3.8) is 0 Å². The van der Waals surface area contributed by atoms with E-state index in [0.717, 1.165) is 10.6 Å². The van der Waals surface area contributed by atoms with Crippen molar-refractivity contribution in [2.75, 3.05) is 18.0 Å². The summed E-state index contributed by atoms with van der Waals surface area (Å²) in [6.07, 6.45) is 0.811. The summed E-state index contributed by atoms with van der Waals surface area (Å²) in [5.41, 5.74) is 0.792.